The summed E-state index contributed by atoms with van der Waals surface area (Å²) >= 11 is 0. The molecule has 1 heteroatoms. The minimum absolute atomic E-state index is 0.0219. The van der Waals surface area contributed by atoms with Crippen molar-refractivity contribution in [3.8, 4) is 0 Å². The lowest BCUT2D eigenvalue weighted by Gasteiger charge is -2.39. The molecule has 26 heavy (non-hydrogen) atoms. The van der Waals surface area contributed by atoms with Crippen LogP contribution in [0.2, 0.25) is 0 Å². The van der Waals surface area contributed by atoms with Gasteiger partial charge in [-0.15, -0.1) is 0 Å². The number of carbonyl (C=O) groups is 1. The first-order valence-corrected chi connectivity index (χ1v) is 10.5. The zero-order valence-corrected chi connectivity index (χ0v) is 15.3. The fourth-order valence-electron chi connectivity index (χ4n) is 7.84. The second-order valence-electron chi connectivity index (χ2n) is 9.65. The van der Waals surface area contributed by atoms with Gasteiger partial charge in [-0.3, -0.25) is 4.79 Å². The molecule has 130 valence electrons. The van der Waals surface area contributed by atoms with E-state index in [4.69, 9.17) is 0 Å². The van der Waals surface area contributed by atoms with Gasteiger partial charge in [0.2, 0.25) is 0 Å². The number of hydrogen-bond acceptors (Lipinski definition) is 1. The largest absolute Gasteiger partial charge is 0.299 e. The van der Waals surface area contributed by atoms with E-state index < -0.39 is 0 Å². The zero-order valence-electron chi connectivity index (χ0n) is 15.3. The second-order valence-corrected chi connectivity index (χ2v) is 9.65. The second kappa shape index (κ2) is 4.32. The maximum atomic E-state index is 12.8. The SMILES string of the molecule is CC1CC2=C3C4CCC2(C4)C2=C4C=c5c(cccc5=CC4C(=O)CC2)C31. The molecule has 0 heterocycles. The highest BCUT2D eigenvalue weighted by atomic mass is 16.1. The average molecular weight is 340 g/mol. The molecule has 1 saturated carbocycles. The van der Waals surface area contributed by atoms with Gasteiger partial charge >= 0.3 is 0 Å². The molecule has 1 spiro atoms. The number of allylic oxidation sites excluding steroid dienone is 4. The standard InChI is InChI=1S/C25H24O/c1-13-9-21-24-15-7-8-25(21,12-15)20-5-6-22(26)19-10-14-3-2-4-16(23(13)24)17(14)11-18(19)20/h2-4,10-11,13,15,19,23H,5-9,12H2,1H3. The molecule has 1 aromatic rings. The van der Waals surface area contributed by atoms with Gasteiger partial charge in [0.15, 0.2) is 0 Å². The van der Waals surface area contributed by atoms with Crippen LogP contribution in [-0.2, 0) is 4.79 Å². The topological polar surface area (TPSA) is 17.1 Å². The van der Waals surface area contributed by atoms with Crippen LogP contribution < -0.4 is 10.4 Å². The van der Waals surface area contributed by atoms with E-state index in [1.165, 1.54) is 41.7 Å². The molecule has 1 aromatic carbocycles. The lowest BCUT2D eigenvalue weighted by Crippen LogP contribution is -2.39. The van der Waals surface area contributed by atoms with E-state index >= 15 is 0 Å². The summed E-state index contributed by atoms with van der Waals surface area (Å²) in [7, 11) is 0. The van der Waals surface area contributed by atoms with Crippen molar-refractivity contribution in [2.45, 2.75) is 51.4 Å². The first-order valence-electron chi connectivity index (χ1n) is 10.5. The third-order valence-corrected chi connectivity index (χ3v) is 8.69. The summed E-state index contributed by atoms with van der Waals surface area (Å²) in [6.45, 7) is 2.48. The summed E-state index contributed by atoms with van der Waals surface area (Å²) in [5.41, 5.74) is 8.59. The number of Topliss-reactive ketones (excluding diaryl/α,β-unsaturated/α-hetero) is 1. The summed E-state index contributed by atoms with van der Waals surface area (Å²) in [4.78, 5) is 12.8. The molecule has 7 bridgehead atoms. The third kappa shape index (κ3) is 1.39. The minimum Gasteiger partial charge on any atom is -0.299 e. The number of carbonyl (C=O) groups excluding carboxylic acids is 1. The van der Waals surface area contributed by atoms with Gasteiger partial charge in [-0.05, 0) is 71.6 Å². The molecule has 6 aliphatic carbocycles. The van der Waals surface area contributed by atoms with Gasteiger partial charge in [-0.1, -0.05) is 47.9 Å². The maximum absolute atomic E-state index is 12.8. The van der Waals surface area contributed by atoms with E-state index in [9.17, 15) is 4.79 Å². The van der Waals surface area contributed by atoms with Gasteiger partial charge in [0, 0.05) is 17.8 Å². The average Bonchev–Trinajstić information content (AvgIpc) is 3.30. The molecular formula is C25H24O. The third-order valence-electron chi connectivity index (χ3n) is 8.69. The Morgan fingerprint density at radius 2 is 2.08 bits per heavy atom. The summed E-state index contributed by atoms with van der Waals surface area (Å²) < 4.78 is 0. The fraction of sp³-hybridized carbons (Fsp3) is 0.480. The number of ketones is 1. The highest BCUT2D eigenvalue weighted by Gasteiger charge is 2.58. The highest BCUT2D eigenvalue weighted by Crippen LogP contribution is 2.70. The van der Waals surface area contributed by atoms with Gasteiger partial charge in [0.25, 0.3) is 0 Å². The van der Waals surface area contributed by atoms with Crippen molar-refractivity contribution in [1.29, 1.82) is 0 Å². The Kier molecular flexibility index (Phi) is 2.36. The van der Waals surface area contributed by atoms with Crippen LogP contribution in [0.25, 0.3) is 12.2 Å². The molecule has 5 unspecified atom stereocenters. The predicted molar refractivity (Wildman–Crippen MR) is 103 cm³/mol. The Bertz CT molecular complexity index is 1100. The maximum Gasteiger partial charge on any atom is 0.144 e. The molecule has 1 fully saturated rings. The van der Waals surface area contributed by atoms with Crippen LogP contribution in [0.4, 0.5) is 0 Å². The molecule has 1 nitrogen and oxygen atoms in total. The molecule has 0 aliphatic heterocycles. The minimum atomic E-state index is 0.0219. The molecule has 0 amide bonds. The van der Waals surface area contributed by atoms with Crippen LogP contribution in [0.3, 0.4) is 0 Å². The Morgan fingerprint density at radius 1 is 1.15 bits per heavy atom. The van der Waals surface area contributed by atoms with Crippen molar-refractivity contribution < 1.29 is 4.79 Å². The Labute approximate surface area is 154 Å². The van der Waals surface area contributed by atoms with E-state index in [0.717, 1.165) is 24.7 Å². The van der Waals surface area contributed by atoms with E-state index in [1.54, 1.807) is 11.1 Å². The van der Waals surface area contributed by atoms with Crippen molar-refractivity contribution in [3.63, 3.8) is 0 Å². The summed E-state index contributed by atoms with van der Waals surface area (Å²) in [6.07, 6.45) is 11.9. The van der Waals surface area contributed by atoms with Crippen molar-refractivity contribution >= 4 is 17.9 Å². The fourth-order valence-corrected chi connectivity index (χ4v) is 7.84. The Hall–Kier alpha value is -1.89. The number of fused-ring (bicyclic) bond motifs is 2. The van der Waals surface area contributed by atoms with E-state index in [-0.39, 0.29) is 5.92 Å². The van der Waals surface area contributed by atoms with Gasteiger partial charge in [0.05, 0.1) is 5.92 Å². The van der Waals surface area contributed by atoms with Crippen LogP contribution in [0.1, 0.15) is 56.9 Å². The molecule has 0 radical (unpaired) electrons. The summed E-state index contributed by atoms with van der Waals surface area (Å²) in [6, 6.07) is 6.84. The summed E-state index contributed by atoms with van der Waals surface area (Å²) in [5.74, 6) is 2.61. The van der Waals surface area contributed by atoms with Crippen LogP contribution >= 0.6 is 0 Å². The van der Waals surface area contributed by atoms with Crippen LogP contribution in [0.15, 0.2) is 40.5 Å². The van der Waals surface area contributed by atoms with Crippen LogP contribution in [0, 0.1) is 23.2 Å². The van der Waals surface area contributed by atoms with E-state index in [0.29, 0.717) is 17.1 Å². The first kappa shape index (κ1) is 14.2. The van der Waals surface area contributed by atoms with Crippen molar-refractivity contribution in [2.75, 3.05) is 0 Å². The molecular weight excluding hydrogens is 316 g/mol. The molecule has 0 N–H and O–H groups in total. The molecule has 0 saturated heterocycles. The molecule has 0 aromatic heterocycles. The highest BCUT2D eigenvalue weighted by molar-refractivity contribution is 5.95. The molecule has 6 aliphatic rings. The van der Waals surface area contributed by atoms with Crippen molar-refractivity contribution in [1.82, 2.24) is 0 Å². The van der Waals surface area contributed by atoms with Crippen LogP contribution in [0.5, 0.6) is 0 Å². The number of hydrogen-bond donors (Lipinski definition) is 0. The van der Waals surface area contributed by atoms with Crippen LogP contribution in [-0.4, -0.2) is 5.78 Å². The van der Waals surface area contributed by atoms with Gasteiger partial charge in [-0.2, -0.15) is 0 Å². The smallest absolute Gasteiger partial charge is 0.144 e. The van der Waals surface area contributed by atoms with E-state index in [1.807, 2.05) is 11.1 Å². The first-order chi connectivity index (χ1) is 12.7. The lowest BCUT2D eigenvalue weighted by atomic mass is 9.64. The summed E-state index contributed by atoms with van der Waals surface area (Å²) in [5, 5.41) is 2.73. The number of rotatable bonds is 0. The predicted octanol–water partition coefficient (Wildman–Crippen LogP) is 3.77. The molecule has 7 rings (SSSR count). The number of benzene rings is 1. The van der Waals surface area contributed by atoms with Gasteiger partial charge < -0.3 is 0 Å². The normalized spacial score (nSPS) is 40.9. The Morgan fingerprint density at radius 3 is 3.00 bits per heavy atom. The lowest BCUT2D eigenvalue weighted by molar-refractivity contribution is -0.120. The van der Waals surface area contributed by atoms with Crippen molar-refractivity contribution in [3.05, 3.63) is 56.5 Å². The van der Waals surface area contributed by atoms with E-state index in [2.05, 4.69) is 37.3 Å². The quantitative estimate of drug-likeness (QED) is 0.657. The van der Waals surface area contributed by atoms with Gasteiger partial charge in [-0.25, -0.2) is 0 Å². The van der Waals surface area contributed by atoms with Crippen molar-refractivity contribution in [2.24, 2.45) is 23.2 Å². The monoisotopic (exact) mass is 340 g/mol. The zero-order chi connectivity index (χ0) is 17.2. The Balaban J connectivity index is 1.69. The van der Waals surface area contributed by atoms with Gasteiger partial charge in [0.1, 0.15) is 5.78 Å². The molecule has 5 atom stereocenters.